The number of nitrogens with one attached hydrogen (secondary N) is 1. The molecule has 3 rings (SSSR count). The van der Waals surface area contributed by atoms with Crippen molar-refractivity contribution in [2.24, 2.45) is 0 Å². The lowest BCUT2D eigenvalue weighted by molar-refractivity contribution is 0.0679. The molecule has 0 bridgehead atoms. The Morgan fingerprint density at radius 3 is 2.96 bits per heavy atom. The summed E-state index contributed by atoms with van der Waals surface area (Å²) in [4.78, 5) is 16.1. The summed E-state index contributed by atoms with van der Waals surface area (Å²) >= 11 is 0. The van der Waals surface area contributed by atoms with E-state index in [0.717, 1.165) is 38.2 Å². The van der Waals surface area contributed by atoms with Crippen LogP contribution in [-0.4, -0.2) is 41.3 Å². The van der Waals surface area contributed by atoms with Crippen molar-refractivity contribution in [2.45, 2.75) is 31.9 Å². The second-order valence-corrected chi connectivity index (χ2v) is 5.88. The second-order valence-electron chi connectivity index (χ2n) is 5.88. The van der Waals surface area contributed by atoms with Crippen LogP contribution in [0.4, 0.5) is 0 Å². The fraction of sp³-hybridized carbons (Fsp3) is 0.444. The summed E-state index contributed by atoms with van der Waals surface area (Å²) in [5, 5.41) is 2.92. The summed E-state index contributed by atoms with van der Waals surface area (Å²) in [6.45, 7) is 2.87. The van der Waals surface area contributed by atoms with E-state index in [0.29, 0.717) is 18.7 Å². The molecule has 0 spiro atoms. The first kappa shape index (κ1) is 16.5. The van der Waals surface area contributed by atoms with Crippen LogP contribution in [0.3, 0.4) is 0 Å². The number of hydrogen-bond donors (Lipinski definition) is 1. The Morgan fingerprint density at radius 2 is 2.25 bits per heavy atom. The third-order valence-electron chi connectivity index (χ3n) is 4.01. The van der Waals surface area contributed by atoms with Gasteiger partial charge in [0.2, 0.25) is 0 Å². The predicted molar refractivity (Wildman–Crippen MR) is 90.1 cm³/mol. The van der Waals surface area contributed by atoms with Crippen molar-refractivity contribution in [3.05, 3.63) is 48.5 Å². The number of carbonyl (C=O) groups is 1. The molecule has 128 valence electrons. The number of rotatable bonds is 8. The van der Waals surface area contributed by atoms with E-state index < -0.39 is 0 Å². The summed E-state index contributed by atoms with van der Waals surface area (Å²) in [5.41, 5.74) is 0.641. The summed E-state index contributed by atoms with van der Waals surface area (Å²) in [6.07, 6.45) is 8.66. The van der Waals surface area contributed by atoms with Crippen molar-refractivity contribution in [2.75, 3.05) is 19.8 Å². The summed E-state index contributed by atoms with van der Waals surface area (Å²) < 4.78 is 13.2. The lowest BCUT2D eigenvalue weighted by Crippen LogP contribution is -2.25. The van der Waals surface area contributed by atoms with Crippen LogP contribution in [0.15, 0.2) is 43.0 Å². The van der Waals surface area contributed by atoms with Crippen LogP contribution in [-0.2, 0) is 11.3 Å². The Hall–Kier alpha value is -2.34. The van der Waals surface area contributed by atoms with E-state index in [1.807, 2.05) is 22.9 Å². The van der Waals surface area contributed by atoms with E-state index >= 15 is 0 Å². The quantitative estimate of drug-likeness (QED) is 0.755. The fourth-order valence-electron chi connectivity index (χ4n) is 2.65. The average molecular weight is 329 g/mol. The number of aryl methyl sites for hydroxylation is 1. The van der Waals surface area contributed by atoms with Gasteiger partial charge in [-0.1, -0.05) is 0 Å². The highest BCUT2D eigenvalue weighted by molar-refractivity contribution is 5.94. The van der Waals surface area contributed by atoms with Gasteiger partial charge in [-0.3, -0.25) is 4.79 Å². The largest absolute Gasteiger partial charge is 0.491 e. The van der Waals surface area contributed by atoms with Crippen LogP contribution < -0.4 is 10.1 Å². The normalized spacial score (nSPS) is 16.9. The zero-order valence-corrected chi connectivity index (χ0v) is 13.7. The minimum atomic E-state index is -0.0636. The van der Waals surface area contributed by atoms with Gasteiger partial charge in [0.15, 0.2) is 0 Å². The Balaban J connectivity index is 1.38. The first-order valence-corrected chi connectivity index (χ1v) is 8.40. The maximum absolute atomic E-state index is 12.1. The molecule has 6 heteroatoms. The molecule has 1 aliphatic heterocycles. The molecule has 2 aromatic rings. The van der Waals surface area contributed by atoms with E-state index in [9.17, 15) is 4.79 Å². The van der Waals surface area contributed by atoms with Crippen molar-refractivity contribution < 1.29 is 14.3 Å². The van der Waals surface area contributed by atoms with Gasteiger partial charge in [-0.05, 0) is 43.5 Å². The Kier molecular flexibility index (Phi) is 5.85. The number of imidazole rings is 1. The van der Waals surface area contributed by atoms with Crippen LogP contribution in [0.1, 0.15) is 29.6 Å². The molecule has 0 aliphatic carbocycles. The highest BCUT2D eigenvalue weighted by Crippen LogP contribution is 2.16. The molecule has 0 saturated carbocycles. The monoisotopic (exact) mass is 329 g/mol. The molecule has 24 heavy (non-hydrogen) atoms. The molecular formula is C18H23N3O3. The summed E-state index contributed by atoms with van der Waals surface area (Å²) in [5.74, 6) is 0.702. The van der Waals surface area contributed by atoms with Gasteiger partial charge in [0.1, 0.15) is 12.4 Å². The lowest BCUT2D eigenvalue weighted by atomic mass is 10.2. The molecule has 1 N–H and O–H groups in total. The third-order valence-corrected chi connectivity index (χ3v) is 4.01. The van der Waals surface area contributed by atoms with E-state index in [1.54, 1.807) is 24.7 Å². The standard InChI is InChI=1S/C18H23N3O3/c22-18(20-8-2-10-21-11-9-19-14-21)15-4-6-16(7-5-15)24-13-17-3-1-12-23-17/h4-7,9,11,14,17H,1-3,8,10,12-13H2,(H,20,22)/t17-/m1/s1. The molecule has 1 atom stereocenters. The first-order valence-electron chi connectivity index (χ1n) is 8.40. The minimum absolute atomic E-state index is 0.0636. The average Bonchev–Trinajstić information content (AvgIpc) is 3.31. The molecule has 0 radical (unpaired) electrons. The van der Waals surface area contributed by atoms with Gasteiger partial charge in [-0.15, -0.1) is 0 Å². The van der Waals surface area contributed by atoms with Gasteiger partial charge in [0.05, 0.1) is 12.4 Å². The summed E-state index contributed by atoms with van der Waals surface area (Å²) in [7, 11) is 0. The highest BCUT2D eigenvalue weighted by atomic mass is 16.5. The molecule has 1 saturated heterocycles. The first-order chi connectivity index (χ1) is 11.8. The van der Waals surface area contributed by atoms with Crippen molar-refractivity contribution in [1.29, 1.82) is 0 Å². The number of carbonyl (C=O) groups excluding carboxylic acids is 1. The van der Waals surface area contributed by atoms with Crippen molar-refractivity contribution in [3.63, 3.8) is 0 Å². The Morgan fingerprint density at radius 1 is 1.38 bits per heavy atom. The number of nitrogens with zero attached hydrogens (tertiary/aromatic N) is 2. The number of amides is 1. The Labute approximate surface area is 141 Å². The molecule has 1 fully saturated rings. The van der Waals surface area contributed by atoms with Crippen LogP contribution in [0.2, 0.25) is 0 Å². The van der Waals surface area contributed by atoms with E-state index in [-0.39, 0.29) is 12.0 Å². The SMILES string of the molecule is O=C(NCCCn1ccnc1)c1ccc(OC[C@H]2CCCO2)cc1. The molecular weight excluding hydrogens is 306 g/mol. The predicted octanol–water partition coefficient (Wildman–Crippen LogP) is 2.26. The maximum Gasteiger partial charge on any atom is 0.251 e. The van der Waals surface area contributed by atoms with Crippen LogP contribution in [0, 0.1) is 0 Å². The molecule has 1 amide bonds. The van der Waals surface area contributed by atoms with Crippen LogP contribution in [0.25, 0.3) is 0 Å². The number of ether oxygens (including phenoxy) is 2. The van der Waals surface area contributed by atoms with E-state index in [2.05, 4.69) is 10.3 Å². The van der Waals surface area contributed by atoms with Gasteiger partial charge in [0, 0.05) is 37.7 Å². The van der Waals surface area contributed by atoms with Gasteiger partial charge in [-0.25, -0.2) is 4.98 Å². The molecule has 6 nitrogen and oxygen atoms in total. The molecule has 1 aromatic carbocycles. The Bertz CT molecular complexity index is 619. The highest BCUT2D eigenvalue weighted by Gasteiger charge is 2.16. The van der Waals surface area contributed by atoms with Gasteiger partial charge in [0.25, 0.3) is 5.91 Å². The van der Waals surface area contributed by atoms with Gasteiger partial charge >= 0.3 is 0 Å². The van der Waals surface area contributed by atoms with Crippen LogP contribution >= 0.6 is 0 Å². The minimum Gasteiger partial charge on any atom is -0.491 e. The number of benzene rings is 1. The summed E-state index contributed by atoms with van der Waals surface area (Å²) in [6, 6.07) is 7.23. The van der Waals surface area contributed by atoms with E-state index in [1.165, 1.54) is 0 Å². The third kappa shape index (κ3) is 4.83. The van der Waals surface area contributed by atoms with Gasteiger partial charge in [-0.2, -0.15) is 0 Å². The van der Waals surface area contributed by atoms with E-state index in [4.69, 9.17) is 9.47 Å². The van der Waals surface area contributed by atoms with Crippen molar-refractivity contribution in [1.82, 2.24) is 14.9 Å². The van der Waals surface area contributed by atoms with Crippen molar-refractivity contribution in [3.8, 4) is 5.75 Å². The fourth-order valence-corrected chi connectivity index (χ4v) is 2.65. The lowest BCUT2D eigenvalue weighted by Gasteiger charge is -2.11. The zero-order chi connectivity index (χ0) is 16.6. The zero-order valence-electron chi connectivity index (χ0n) is 13.7. The molecule has 0 unspecified atom stereocenters. The molecule has 1 aromatic heterocycles. The second kappa shape index (κ2) is 8.49. The maximum atomic E-state index is 12.1. The number of aromatic nitrogens is 2. The topological polar surface area (TPSA) is 65.4 Å². The van der Waals surface area contributed by atoms with Gasteiger partial charge < -0.3 is 19.4 Å². The molecule has 2 heterocycles. The van der Waals surface area contributed by atoms with Crippen LogP contribution in [0.5, 0.6) is 5.75 Å². The van der Waals surface area contributed by atoms with Crippen molar-refractivity contribution >= 4 is 5.91 Å². The molecule has 1 aliphatic rings. The number of hydrogen-bond acceptors (Lipinski definition) is 4. The smallest absolute Gasteiger partial charge is 0.251 e.